The lowest BCUT2D eigenvalue weighted by Crippen LogP contribution is -2.24. The van der Waals surface area contributed by atoms with Crippen LogP contribution in [0.25, 0.3) is 16.5 Å². The van der Waals surface area contributed by atoms with Crippen LogP contribution in [-0.4, -0.2) is 23.7 Å². The molecule has 0 aliphatic rings. The number of esters is 1. The van der Waals surface area contributed by atoms with Gasteiger partial charge in [0.05, 0.1) is 7.11 Å². The highest BCUT2D eigenvalue weighted by Crippen LogP contribution is 2.34. The van der Waals surface area contributed by atoms with Crippen molar-refractivity contribution in [3.63, 3.8) is 0 Å². The number of aryl methyl sites for hydroxylation is 1. The first-order valence-corrected chi connectivity index (χ1v) is 9.14. The smallest absolute Gasteiger partial charge is 0.355 e. The van der Waals surface area contributed by atoms with Gasteiger partial charge >= 0.3 is 5.97 Å². The lowest BCUT2D eigenvalue weighted by Gasteiger charge is -2.19. The van der Waals surface area contributed by atoms with Crippen LogP contribution in [0.15, 0.2) is 48.8 Å². The van der Waals surface area contributed by atoms with Crippen molar-refractivity contribution < 1.29 is 14.3 Å². The number of hydrogen-bond donors (Lipinski definition) is 1. The molecule has 0 unspecified atom stereocenters. The normalized spacial score (nSPS) is 13.0. The van der Waals surface area contributed by atoms with Gasteiger partial charge in [-0.05, 0) is 51.8 Å². The van der Waals surface area contributed by atoms with E-state index in [2.05, 4.69) is 30.6 Å². The van der Waals surface area contributed by atoms with Gasteiger partial charge < -0.3 is 14.5 Å². The Morgan fingerprint density at radius 2 is 2.00 bits per heavy atom. The number of aromatic nitrogens is 1. The van der Waals surface area contributed by atoms with Crippen LogP contribution in [-0.2, 0) is 15.9 Å². The summed E-state index contributed by atoms with van der Waals surface area (Å²) in [5.41, 5.74) is 3.52. The Kier molecular flexibility index (Phi) is 6.32. The average Bonchev–Trinajstić information content (AvgIpc) is 2.99. The molecule has 1 N–H and O–H groups in total. The number of carbonyl (C=O) groups excluding carboxylic acids is 1. The van der Waals surface area contributed by atoms with Gasteiger partial charge in [0, 0.05) is 22.0 Å². The first kappa shape index (κ1) is 20.6. The minimum atomic E-state index is -0.586. The van der Waals surface area contributed by atoms with Crippen molar-refractivity contribution in [2.24, 2.45) is 0 Å². The van der Waals surface area contributed by atoms with Gasteiger partial charge in [0.25, 0.3) is 0 Å². The number of H-pyrrole nitrogens is 1. The molecule has 2 rings (SSSR count). The molecule has 27 heavy (non-hydrogen) atoms. The summed E-state index contributed by atoms with van der Waals surface area (Å²) in [5, 5.41) is 0.968. The number of fused-ring (bicyclic) bond motifs is 1. The topological polar surface area (TPSA) is 51.3 Å². The number of carbonyl (C=O) groups is 1. The third kappa shape index (κ3) is 4.70. The van der Waals surface area contributed by atoms with E-state index < -0.39 is 5.60 Å². The Balaban J connectivity index is 2.82. The number of aromatic amines is 1. The van der Waals surface area contributed by atoms with E-state index in [-0.39, 0.29) is 5.97 Å². The van der Waals surface area contributed by atoms with Crippen molar-refractivity contribution in [1.29, 1.82) is 0 Å². The van der Waals surface area contributed by atoms with Crippen LogP contribution in [0.1, 0.15) is 56.2 Å². The van der Waals surface area contributed by atoms with Crippen LogP contribution in [0.3, 0.4) is 0 Å². The van der Waals surface area contributed by atoms with E-state index in [0.29, 0.717) is 11.5 Å². The van der Waals surface area contributed by atoms with Crippen molar-refractivity contribution in [3.05, 3.63) is 65.6 Å². The summed E-state index contributed by atoms with van der Waals surface area (Å²) in [6.45, 7) is 13.3. The fourth-order valence-corrected chi connectivity index (χ4v) is 2.87. The van der Waals surface area contributed by atoms with E-state index in [1.54, 1.807) is 13.2 Å². The van der Waals surface area contributed by atoms with Crippen molar-refractivity contribution in [2.45, 2.75) is 46.6 Å². The molecule has 0 saturated carbocycles. The predicted molar refractivity (Wildman–Crippen MR) is 112 cm³/mol. The lowest BCUT2D eigenvalue weighted by molar-refractivity contribution is 0.00636. The molecule has 144 valence electrons. The summed E-state index contributed by atoms with van der Waals surface area (Å²) in [6.07, 6.45) is 6.34. The molecule has 0 amide bonds. The SMILES string of the molecule is C=C/C=C\C(=C(/C)OC)c1c(C(=O)OC(C)(C)C)[nH]c2ccc(CC)cc12. The summed E-state index contributed by atoms with van der Waals surface area (Å²) in [5.74, 6) is 0.320. The minimum absolute atomic E-state index is 0.389. The molecule has 2 aromatic rings. The van der Waals surface area contributed by atoms with Gasteiger partial charge in [-0.3, -0.25) is 0 Å². The molecule has 0 aliphatic heterocycles. The molecule has 0 radical (unpaired) electrons. The highest BCUT2D eigenvalue weighted by atomic mass is 16.6. The van der Waals surface area contributed by atoms with Crippen LogP contribution in [0.2, 0.25) is 0 Å². The third-order valence-electron chi connectivity index (χ3n) is 4.23. The third-order valence-corrected chi connectivity index (χ3v) is 4.23. The van der Waals surface area contributed by atoms with Crippen LogP contribution >= 0.6 is 0 Å². The lowest BCUT2D eigenvalue weighted by atomic mass is 9.98. The summed E-state index contributed by atoms with van der Waals surface area (Å²) in [6, 6.07) is 6.18. The maximum Gasteiger partial charge on any atom is 0.355 e. The van der Waals surface area contributed by atoms with Gasteiger partial charge in [-0.2, -0.15) is 0 Å². The van der Waals surface area contributed by atoms with Crippen LogP contribution in [0.5, 0.6) is 0 Å². The zero-order chi connectivity index (χ0) is 20.2. The van der Waals surface area contributed by atoms with Gasteiger partial charge in [-0.1, -0.05) is 37.8 Å². The summed E-state index contributed by atoms with van der Waals surface area (Å²) >= 11 is 0. The standard InChI is InChI=1S/C23H29NO3/c1-8-10-11-17(15(3)26-7)20-18-14-16(9-2)12-13-19(18)24-21(20)22(25)27-23(4,5)6/h8,10-14,24H,1,9H2,2-7H3/b11-10-,17-15-. The van der Waals surface area contributed by atoms with Crippen molar-refractivity contribution >= 4 is 22.4 Å². The van der Waals surface area contributed by atoms with E-state index in [4.69, 9.17) is 9.47 Å². The minimum Gasteiger partial charge on any atom is -0.501 e. The molecule has 0 aliphatic carbocycles. The molecule has 0 atom stereocenters. The summed E-state index contributed by atoms with van der Waals surface area (Å²) in [7, 11) is 1.62. The molecule has 0 bridgehead atoms. The van der Waals surface area contributed by atoms with Crippen molar-refractivity contribution in [3.8, 4) is 0 Å². The molecule has 1 heterocycles. The van der Waals surface area contributed by atoms with E-state index >= 15 is 0 Å². The maximum absolute atomic E-state index is 12.9. The van der Waals surface area contributed by atoms with Crippen molar-refractivity contribution in [2.75, 3.05) is 7.11 Å². The molecular weight excluding hydrogens is 338 g/mol. The van der Waals surface area contributed by atoms with Gasteiger partial charge in [0.15, 0.2) is 0 Å². The second-order valence-corrected chi connectivity index (χ2v) is 7.38. The van der Waals surface area contributed by atoms with Crippen molar-refractivity contribution in [1.82, 2.24) is 4.98 Å². The van der Waals surface area contributed by atoms with Crippen LogP contribution in [0, 0.1) is 0 Å². The summed E-state index contributed by atoms with van der Waals surface area (Å²) in [4.78, 5) is 16.2. The van der Waals surface area contributed by atoms with E-state index in [1.807, 2.05) is 45.9 Å². The molecule has 0 spiro atoms. The number of allylic oxidation sites excluding steroid dienone is 5. The molecule has 4 nitrogen and oxygen atoms in total. The Hall–Kier alpha value is -2.75. The second-order valence-electron chi connectivity index (χ2n) is 7.38. The maximum atomic E-state index is 12.9. The predicted octanol–water partition coefficient (Wildman–Crippen LogP) is 5.81. The zero-order valence-electron chi connectivity index (χ0n) is 17.1. The number of benzene rings is 1. The highest BCUT2D eigenvalue weighted by Gasteiger charge is 2.26. The van der Waals surface area contributed by atoms with Gasteiger partial charge in [-0.25, -0.2) is 4.79 Å². The number of nitrogens with one attached hydrogen (secondary N) is 1. The number of hydrogen-bond acceptors (Lipinski definition) is 3. The number of rotatable bonds is 6. The van der Waals surface area contributed by atoms with Crippen LogP contribution in [0.4, 0.5) is 0 Å². The Morgan fingerprint density at radius 1 is 1.30 bits per heavy atom. The fourth-order valence-electron chi connectivity index (χ4n) is 2.87. The van der Waals surface area contributed by atoms with Gasteiger partial charge in [-0.15, -0.1) is 0 Å². The first-order chi connectivity index (χ1) is 12.7. The number of methoxy groups -OCH3 is 1. The summed E-state index contributed by atoms with van der Waals surface area (Å²) < 4.78 is 11.1. The number of ether oxygens (including phenoxy) is 2. The average molecular weight is 367 g/mol. The molecule has 1 aromatic carbocycles. The van der Waals surface area contributed by atoms with E-state index in [9.17, 15) is 4.79 Å². The molecule has 0 saturated heterocycles. The quantitative estimate of drug-likeness (QED) is 0.398. The Bertz CT molecular complexity index is 908. The largest absolute Gasteiger partial charge is 0.501 e. The van der Waals surface area contributed by atoms with Gasteiger partial charge in [0.2, 0.25) is 0 Å². The molecule has 4 heteroatoms. The molecule has 1 aromatic heterocycles. The monoisotopic (exact) mass is 367 g/mol. The highest BCUT2D eigenvalue weighted by molar-refractivity contribution is 6.06. The fraction of sp³-hybridized carbons (Fsp3) is 0.348. The first-order valence-electron chi connectivity index (χ1n) is 9.14. The van der Waals surface area contributed by atoms with E-state index in [1.165, 1.54) is 5.56 Å². The molecular formula is C23H29NO3. The second kappa shape index (κ2) is 8.30. The van der Waals surface area contributed by atoms with Crippen LogP contribution < -0.4 is 0 Å². The van der Waals surface area contributed by atoms with Gasteiger partial charge in [0.1, 0.15) is 17.1 Å². The van der Waals surface area contributed by atoms with E-state index in [0.717, 1.165) is 28.5 Å². The Labute approximate surface area is 161 Å². The Morgan fingerprint density at radius 3 is 2.56 bits per heavy atom. The molecule has 0 fully saturated rings. The zero-order valence-corrected chi connectivity index (χ0v) is 17.1.